The first-order chi connectivity index (χ1) is 21.0. The van der Waals surface area contributed by atoms with Crippen molar-refractivity contribution in [2.24, 2.45) is 5.10 Å². The second-order valence-corrected chi connectivity index (χ2v) is 10.1. The first-order valence-electron chi connectivity index (χ1n) is 13.9. The average molecular weight is 602 g/mol. The van der Waals surface area contributed by atoms with Crippen LogP contribution in [0.4, 0.5) is 4.79 Å². The highest BCUT2D eigenvalue weighted by Gasteiger charge is 2.32. The number of urea groups is 1. The third-order valence-corrected chi connectivity index (χ3v) is 7.02. The molecule has 0 bridgehead atoms. The number of Topliss-reactive ketones (excluding diaryl/α,β-unsaturated/α-hetero) is 1. The van der Waals surface area contributed by atoms with Crippen molar-refractivity contribution < 1.29 is 33.4 Å². The minimum atomic E-state index is -0.775. The number of hydrogen-bond donors (Lipinski definition) is 3. The van der Waals surface area contributed by atoms with Crippen LogP contribution >= 0.6 is 0 Å². The Hall–Kier alpha value is -5.39. The number of aryl methyl sites for hydroxylation is 1. The molecule has 0 spiro atoms. The average Bonchev–Trinajstić information content (AvgIpc) is 3.27. The number of benzene rings is 2. The largest absolute Gasteiger partial charge is 0.493 e. The Morgan fingerprint density at radius 1 is 1.07 bits per heavy atom. The number of nitrogens with zero attached hydrogens (tertiary/aromatic N) is 2. The highest BCUT2D eigenvalue weighted by atomic mass is 16.5. The number of carbonyl (C=O) groups excluding carboxylic acids is 4. The van der Waals surface area contributed by atoms with Gasteiger partial charge in [-0.2, -0.15) is 5.10 Å². The molecule has 2 heterocycles. The normalized spacial score (nSPS) is 14.6. The molecule has 0 aliphatic carbocycles. The van der Waals surface area contributed by atoms with Crippen molar-refractivity contribution in [3.05, 3.63) is 87.9 Å². The van der Waals surface area contributed by atoms with E-state index < -0.39 is 23.9 Å². The molecule has 230 valence electrons. The van der Waals surface area contributed by atoms with Gasteiger partial charge in [0.25, 0.3) is 5.91 Å². The van der Waals surface area contributed by atoms with Crippen LogP contribution in [0.3, 0.4) is 0 Å². The second kappa shape index (κ2) is 13.7. The van der Waals surface area contributed by atoms with E-state index in [1.807, 2.05) is 42.7 Å². The molecule has 1 aromatic heterocycles. The van der Waals surface area contributed by atoms with Gasteiger partial charge in [-0.3, -0.25) is 9.59 Å². The maximum absolute atomic E-state index is 12.6. The zero-order valence-corrected chi connectivity index (χ0v) is 25.4. The van der Waals surface area contributed by atoms with E-state index in [0.717, 1.165) is 22.6 Å². The van der Waals surface area contributed by atoms with Crippen molar-refractivity contribution in [1.82, 2.24) is 20.6 Å². The number of ether oxygens (including phenoxy) is 3. The van der Waals surface area contributed by atoms with E-state index >= 15 is 0 Å². The highest BCUT2D eigenvalue weighted by molar-refractivity contribution is 5.95. The van der Waals surface area contributed by atoms with Crippen molar-refractivity contribution in [2.45, 2.75) is 40.7 Å². The summed E-state index contributed by atoms with van der Waals surface area (Å²) in [4.78, 5) is 49.1. The molecule has 3 N–H and O–H groups in total. The fourth-order valence-electron chi connectivity index (χ4n) is 4.94. The molecule has 1 aliphatic heterocycles. The van der Waals surface area contributed by atoms with E-state index in [2.05, 4.69) is 21.2 Å². The van der Waals surface area contributed by atoms with Crippen LogP contribution in [0, 0.1) is 13.8 Å². The molecule has 0 fully saturated rings. The molecule has 12 heteroatoms. The van der Waals surface area contributed by atoms with Gasteiger partial charge < -0.3 is 29.4 Å². The SMILES string of the molecule is CCOC(=O)C1=C(C)NC(=O)N[C@@H]1c1ccc(OCC(=O)N/N=C\c2cc(C)n(-c3cccc(C(C)=O)c3)c2C)c(OC)c1. The maximum Gasteiger partial charge on any atom is 0.338 e. The molecular formula is C32H35N5O7. The molecule has 0 saturated carbocycles. The van der Waals surface area contributed by atoms with Crippen LogP contribution in [0.25, 0.3) is 5.69 Å². The minimum absolute atomic E-state index is 0.0137. The van der Waals surface area contributed by atoms with Gasteiger partial charge in [-0.15, -0.1) is 0 Å². The summed E-state index contributed by atoms with van der Waals surface area (Å²) in [5.74, 6) is -0.480. The Morgan fingerprint density at radius 2 is 1.84 bits per heavy atom. The van der Waals surface area contributed by atoms with E-state index in [0.29, 0.717) is 22.6 Å². The Bertz CT molecular complexity index is 1670. The van der Waals surface area contributed by atoms with Crippen LogP contribution in [0.5, 0.6) is 11.5 Å². The molecule has 3 aromatic rings. The number of methoxy groups -OCH3 is 1. The van der Waals surface area contributed by atoms with E-state index in [9.17, 15) is 19.2 Å². The number of carbonyl (C=O) groups is 4. The summed E-state index contributed by atoms with van der Waals surface area (Å²) >= 11 is 0. The smallest absolute Gasteiger partial charge is 0.338 e. The van der Waals surface area contributed by atoms with Gasteiger partial charge in [0.2, 0.25) is 0 Å². The van der Waals surface area contributed by atoms with Crippen LogP contribution in [-0.4, -0.2) is 54.8 Å². The zero-order chi connectivity index (χ0) is 32.0. The van der Waals surface area contributed by atoms with Gasteiger partial charge >= 0.3 is 12.0 Å². The van der Waals surface area contributed by atoms with Crippen LogP contribution < -0.4 is 25.5 Å². The van der Waals surface area contributed by atoms with Crippen LogP contribution in [0.1, 0.15) is 59.7 Å². The molecule has 1 aliphatic rings. The Labute approximate surface area is 255 Å². The lowest BCUT2D eigenvalue weighted by molar-refractivity contribution is -0.139. The lowest BCUT2D eigenvalue weighted by atomic mass is 9.95. The third kappa shape index (κ3) is 6.97. The second-order valence-electron chi connectivity index (χ2n) is 10.1. The molecule has 4 rings (SSSR count). The van der Waals surface area contributed by atoms with Gasteiger partial charge in [-0.1, -0.05) is 18.2 Å². The van der Waals surface area contributed by atoms with E-state index in [1.165, 1.54) is 14.0 Å². The number of hydrogen-bond acceptors (Lipinski definition) is 8. The maximum atomic E-state index is 12.6. The molecular weight excluding hydrogens is 566 g/mol. The number of esters is 1. The topological polar surface area (TPSA) is 149 Å². The first-order valence-corrected chi connectivity index (χ1v) is 13.9. The Kier molecular flexibility index (Phi) is 9.84. The zero-order valence-electron chi connectivity index (χ0n) is 25.4. The molecule has 44 heavy (non-hydrogen) atoms. The number of allylic oxidation sites excluding steroid dienone is 1. The predicted octanol–water partition coefficient (Wildman–Crippen LogP) is 4.03. The van der Waals surface area contributed by atoms with E-state index in [4.69, 9.17) is 14.2 Å². The Balaban J connectivity index is 1.42. The lowest BCUT2D eigenvalue weighted by Crippen LogP contribution is -2.45. The van der Waals surface area contributed by atoms with Crippen molar-refractivity contribution in [3.63, 3.8) is 0 Å². The quantitative estimate of drug-likeness (QED) is 0.130. The van der Waals surface area contributed by atoms with E-state index in [1.54, 1.807) is 44.3 Å². The first kappa shape index (κ1) is 31.5. The summed E-state index contributed by atoms with van der Waals surface area (Å²) in [7, 11) is 1.44. The molecule has 2 aromatic carbocycles. The van der Waals surface area contributed by atoms with Crippen molar-refractivity contribution in [1.29, 1.82) is 0 Å². The number of ketones is 1. The monoisotopic (exact) mass is 601 g/mol. The molecule has 3 amide bonds. The fraction of sp³-hybridized carbons (Fsp3) is 0.281. The lowest BCUT2D eigenvalue weighted by Gasteiger charge is -2.28. The summed E-state index contributed by atoms with van der Waals surface area (Å²) < 4.78 is 18.3. The number of amides is 3. The van der Waals surface area contributed by atoms with E-state index in [-0.39, 0.29) is 30.3 Å². The van der Waals surface area contributed by atoms with Crippen molar-refractivity contribution in [3.8, 4) is 17.2 Å². The van der Waals surface area contributed by atoms with Gasteiger partial charge in [0.05, 0.1) is 31.5 Å². The standard InChI is InChI=1S/C32H35N5O7/c1-7-43-31(40)29-19(3)34-32(41)35-30(29)23-11-12-26(27(15-23)42-6)44-17-28(39)36-33-16-24-13-18(2)37(20(24)4)25-10-8-9-22(14-25)21(5)38/h8-16,30H,7,17H2,1-6H3,(H,36,39)(H2,34,35,41)/b33-16-/t30-/m1/s1. The van der Waals surface area contributed by atoms with Crippen LogP contribution in [0.2, 0.25) is 0 Å². The number of hydrazone groups is 1. The van der Waals surface area contributed by atoms with Gasteiger partial charge in [0.1, 0.15) is 0 Å². The molecule has 0 radical (unpaired) electrons. The van der Waals surface area contributed by atoms with Crippen molar-refractivity contribution in [2.75, 3.05) is 20.3 Å². The molecule has 12 nitrogen and oxygen atoms in total. The van der Waals surface area contributed by atoms with Gasteiger partial charge in [-0.05, 0) is 70.5 Å². The van der Waals surface area contributed by atoms with Crippen LogP contribution in [0.15, 0.2) is 64.9 Å². The van der Waals surface area contributed by atoms with Gasteiger partial charge in [-0.25, -0.2) is 15.0 Å². The third-order valence-electron chi connectivity index (χ3n) is 7.02. The number of nitrogens with one attached hydrogen (secondary N) is 3. The molecule has 0 unspecified atom stereocenters. The number of aromatic nitrogens is 1. The fourth-order valence-corrected chi connectivity index (χ4v) is 4.94. The molecule has 0 saturated heterocycles. The summed E-state index contributed by atoms with van der Waals surface area (Å²) in [6.45, 7) is 8.57. The van der Waals surface area contributed by atoms with Gasteiger partial charge in [0, 0.05) is 33.9 Å². The summed E-state index contributed by atoms with van der Waals surface area (Å²) in [6.07, 6.45) is 1.55. The summed E-state index contributed by atoms with van der Waals surface area (Å²) in [6, 6.07) is 13.0. The minimum Gasteiger partial charge on any atom is -0.493 e. The predicted molar refractivity (Wildman–Crippen MR) is 163 cm³/mol. The summed E-state index contributed by atoms with van der Waals surface area (Å²) in [5.41, 5.74) is 7.79. The Morgan fingerprint density at radius 3 is 2.55 bits per heavy atom. The molecule has 1 atom stereocenters. The highest BCUT2D eigenvalue weighted by Crippen LogP contribution is 2.34. The van der Waals surface area contributed by atoms with Crippen LogP contribution in [-0.2, 0) is 14.3 Å². The summed E-state index contributed by atoms with van der Waals surface area (Å²) in [5, 5.41) is 9.41. The number of rotatable bonds is 11. The van der Waals surface area contributed by atoms with Gasteiger partial charge in [0.15, 0.2) is 23.9 Å². The van der Waals surface area contributed by atoms with Crippen molar-refractivity contribution >= 4 is 29.9 Å².